The van der Waals surface area contributed by atoms with Crippen molar-refractivity contribution < 1.29 is 78.8 Å². The maximum absolute atomic E-state index is 10.4. The molecular formula is C9H9CsO2. The molecule has 0 saturated carbocycles. The molecule has 0 radical (unpaired) electrons. The van der Waals surface area contributed by atoms with Crippen LogP contribution in [0.4, 0.5) is 0 Å². The van der Waals surface area contributed by atoms with Crippen LogP contribution in [0.1, 0.15) is 21.5 Å². The van der Waals surface area contributed by atoms with Gasteiger partial charge in [-0.3, -0.25) is 0 Å². The van der Waals surface area contributed by atoms with Crippen molar-refractivity contribution in [3.63, 3.8) is 0 Å². The number of carboxylic acids is 1. The minimum absolute atomic E-state index is 0. The monoisotopic (exact) mass is 282 g/mol. The molecule has 0 aliphatic rings. The van der Waals surface area contributed by atoms with Crippen LogP contribution in [-0.4, -0.2) is 5.97 Å². The van der Waals surface area contributed by atoms with E-state index in [4.69, 9.17) is 0 Å². The Hall–Kier alpha value is 0.742. The fraction of sp³-hybridized carbons (Fsp3) is 0.222. The SMILES string of the molecule is Cc1ccc(C(=O)[O-])cc1C.[Cs+]. The Morgan fingerprint density at radius 3 is 2.25 bits per heavy atom. The van der Waals surface area contributed by atoms with E-state index in [1.807, 2.05) is 13.8 Å². The molecule has 58 valence electrons. The van der Waals surface area contributed by atoms with Gasteiger partial charge in [0, 0.05) is 0 Å². The van der Waals surface area contributed by atoms with Crippen molar-refractivity contribution in [3.05, 3.63) is 34.9 Å². The first kappa shape index (κ1) is 12.7. The van der Waals surface area contributed by atoms with Gasteiger partial charge in [-0.15, -0.1) is 0 Å². The second kappa shape index (κ2) is 5.47. The smallest absolute Gasteiger partial charge is 0.545 e. The molecule has 0 amide bonds. The standard InChI is InChI=1S/C9H10O2.Cs/c1-6-3-4-8(9(10)11)5-7(6)2;/h3-5H,1-2H3,(H,10,11);/q;+1/p-1. The van der Waals surface area contributed by atoms with Crippen LogP contribution < -0.4 is 74.0 Å². The maximum Gasteiger partial charge on any atom is 1.00 e. The quantitative estimate of drug-likeness (QED) is 0.580. The molecule has 0 N–H and O–H groups in total. The van der Waals surface area contributed by atoms with Gasteiger partial charge in [0.1, 0.15) is 0 Å². The van der Waals surface area contributed by atoms with Gasteiger partial charge in [-0.25, -0.2) is 0 Å². The summed E-state index contributed by atoms with van der Waals surface area (Å²) in [6.07, 6.45) is 0. The zero-order chi connectivity index (χ0) is 8.43. The first-order valence-corrected chi connectivity index (χ1v) is 3.40. The molecule has 2 nitrogen and oxygen atoms in total. The maximum atomic E-state index is 10.4. The molecule has 0 saturated heterocycles. The molecule has 12 heavy (non-hydrogen) atoms. The summed E-state index contributed by atoms with van der Waals surface area (Å²) >= 11 is 0. The molecule has 0 fully saturated rings. The average molecular weight is 282 g/mol. The van der Waals surface area contributed by atoms with Crippen LogP contribution in [0.15, 0.2) is 18.2 Å². The van der Waals surface area contributed by atoms with E-state index < -0.39 is 5.97 Å². The van der Waals surface area contributed by atoms with Gasteiger partial charge < -0.3 is 9.90 Å². The van der Waals surface area contributed by atoms with Gasteiger partial charge in [0.15, 0.2) is 0 Å². The molecule has 0 aromatic heterocycles. The molecule has 0 unspecified atom stereocenters. The van der Waals surface area contributed by atoms with Gasteiger partial charge in [0.05, 0.1) is 5.97 Å². The largest absolute Gasteiger partial charge is 1.00 e. The first-order chi connectivity index (χ1) is 5.11. The Bertz CT molecular complexity index is 295. The van der Waals surface area contributed by atoms with Crippen molar-refractivity contribution in [2.45, 2.75) is 13.8 Å². The molecule has 0 bridgehead atoms. The van der Waals surface area contributed by atoms with Gasteiger partial charge in [0.25, 0.3) is 0 Å². The minimum Gasteiger partial charge on any atom is -0.545 e. The second-order valence-electron chi connectivity index (χ2n) is 2.59. The van der Waals surface area contributed by atoms with Crippen LogP contribution in [0.25, 0.3) is 0 Å². The second-order valence-corrected chi connectivity index (χ2v) is 2.59. The summed E-state index contributed by atoms with van der Waals surface area (Å²) in [6.45, 7) is 3.82. The number of aromatic carboxylic acids is 1. The van der Waals surface area contributed by atoms with Crippen molar-refractivity contribution in [1.82, 2.24) is 0 Å². The third-order valence-electron chi connectivity index (χ3n) is 1.74. The zero-order valence-electron chi connectivity index (χ0n) is 7.55. The van der Waals surface area contributed by atoms with E-state index in [0.29, 0.717) is 0 Å². The van der Waals surface area contributed by atoms with E-state index in [1.165, 1.54) is 0 Å². The fourth-order valence-corrected chi connectivity index (χ4v) is 0.868. The predicted molar refractivity (Wildman–Crippen MR) is 40.2 cm³/mol. The third kappa shape index (κ3) is 3.24. The third-order valence-corrected chi connectivity index (χ3v) is 1.74. The van der Waals surface area contributed by atoms with Gasteiger partial charge in [-0.05, 0) is 36.6 Å². The van der Waals surface area contributed by atoms with Crippen LogP contribution in [0.2, 0.25) is 0 Å². The van der Waals surface area contributed by atoms with Crippen LogP contribution in [-0.2, 0) is 0 Å². The Balaban J connectivity index is 0.00000121. The van der Waals surface area contributed by atoms with Gasteiger partial charge >= 0.3 is 68.9 Å². The van der Waals surface area contributed by atoms with Crippen LogP contribution in [0, 0.1) is 13.8 Å². The first-order valence-electron chi connectivity index (χ1n) is 3.40. The van der Waals surface area contributed by atoms with Crippen molar-refractivity contribution in [2.24, 2.45) is 0 Å². The summed E-state index contributed by atoms with van der Waals surface area (Å²) in [6, 6.07) is 4.95. The Morgan fingerprint density at radius 1 is 1.25 bits per heavy atom. The van der Waals surface area contributed by atoms with Crippen molar-refractivity contribution in [1.29, 1.82) is 0 Å². The molecular weight excluding hydrogens is 273 g/mol. The van der Waals surface area contributed by atoms with E-state index in [-0.39, 0.29) is 74.5 Å². The average Bonchev–Trinajstić information content (AvgIpc) is 1.94. The van der Waals surface area contributed by atoms with E-state index in [2.05, 4.69) is 0 Å². The number of hydrogen-bond acceptors (Lipinski definition) is 2. The van der Waals surface area contributed by atoms with E-state index >= 15 is 0 Å². The Morgan fingerprint density at radius 2 is 1.83 bits per heavy atom. The minimum atomic E-state index is -1.12. The molecule has 3 heteroatoms. The van der Waals surface area contributed by atoms with E-state index in [0.717, 1.165) is 11.1 Å². The molecule has 0 heterocycles. The number of carbonyl (C=O) groups is 1. The summed E-state index contributed by atoms with van der Waals surface area (Å²) in [5.41, 5.74) is 2.31. The van der Waals surface area contributed by atoms with Gasteiger partial charge in [-0.1, -0.05) is 12.1 Å². The van der Waals surface area contributed by atoms with Crippen molar-refractivity contribution >= 4 is 5.97 Å². The number of benzene rings is 1. The Kier molecular flexibility index (Phi) is 5.81. The predicted octanol–water partition coefficient (Wildman–Crippen LogP) is -2.33. The number of aryl methyl sites for hydroxylation is 2. The summed E-state index contributed by atoms with van der Waals surface area (Å²) in [7, 11) is 0. The Labute approximate surface area is 131 Å². The van der Waals surface area contributed by atoms with Gasteiger partial charge in [0.2, 0.25) is 0 Å². The summed E-state index contributed by atoms with van der Waals surface area (Å²) < 4.78 is 0. The number of rotatable bonds is 1. The number of hydrogen-bond donors (Lipinski definition) is 0. The van der Waals surface area contributed by atoms with Crippen LogP contribution in [0.3, 0.4) is 0 Å². The topological polar surface area (TPSA) is 40.1 Å². The van der Waals surface area contributed by atoms with Crippen molar-refractivity contribution in [2.75, 3.05) is 0 Å². The zero-order valence-corrected chi connectivity index (χ0v) is 13.8. The summed E-state index contributed by atoms with van der Waals surface area (Å²) in [5, 5.41) is 10.4. The number of carbonyl (C=O) groups excluding carboxylic acids is 1. The molecule has 0 atom stereocenters. The molecule has 1 aromatic rings. The summed E-state index contributed by atoms with van der Waals surface area (Å²) in [5.74, 6) is -1.12. The molecule has 0 spiro atoms. The van der Waals surface area contributed by atoms with E-state index in [9.17, 15) is 9.90 Å². The summed E-state index contributed by atoms with van der Waals surface area (Å²) in [4.78, 5) is 10.4. The van der Waals surface area contributed by atoms with Crippen LogP contribution >= 0.6 is 0 Å². The van der Waals surface area contributed by atoms with Crippen molar-refractivity contribution in [3.8, 4) is 0 Å². The molecule has 0 aliphatic heterocycles. The van der Waals surface area contributed by atoms with E-state index in [1.54, 1.807) is 18.2 Å². The normalized spacial score (nSPS) is 8.83. The molecule has 1 aromatic carbocycles. The fourth-order valence-electron chi connectivity index (χ4n) is 0.868. The molecule has 0 aliphatic carbocycles. The van der Waals surface area contributed by atoms with Gasteiger partial charge in [-0.2, -0.15) is 0 Å². The molecule has 1 rings (SSSR count). The number of carboxylic acid groups (broad SMARTS) is 1. The van der Waals surface area contributed by atoms with Crippen LogP contribution in [0.5, 0.6) is 0 Å².